The monoisotopic (exact) mass is 252 g/mol. The van der Waals surface area contributed by atoms with E-state index in [0.717, 1.165) is 10.3 Å². The summed E-state index contributed by atoms with van der Waals surface area (Å²) in [5.74, 6) is 0.704. The van der Waals surface area contributed by atoms with Crippen LogP contribution in [-0.2, 0) is 0 Å². The van der Waals surface area contributed by atoms with Gasteiger partial charge in [0.15, 0.2) is 0 Å². The lowest BCUT2D eigenvalue weighted by Crippen LogP contribution is -2.14. The van der Waals surface area contributed by atoms with Gasteiger partial charge >= 0.3 is 0 Å². The highest BCUT2D eigenvalue weighted by atomic mass is 79.9. The summed E-state index contributed by atoms with van der Waals surface area (Å²) < 4.78 is 0.818. The van der Waals surface area contributed by atoms with Gasteiger partial charge in [0, 0.05) is 6.20 Å². The minimum atomic E-state index is -0.303. The number of imidazole rings is 1. The van der Waals surface area contributed by atoms with Gasteiger partial charge in [0.2, 0.25) is 0 Å². The fourth-order valence-electron chi connectivity index (χ4n) is 1.17. The van der Waals surface area contributed by atoms with Gasteiger partial charge in [-0.1, -0.05) is 6.07 Å². The molecule has 2 rings (SSSR count). The lowest BCUT2D eigenvalue weighted by Gasteiger charge is -2.06. The third-order valence-electron chi connectivity index (χ3n) is 1.87. The highest BCUT2D eigenvalue weighted by Crippen LogP contribution is 2.15. The number of aromatic nitrogens is 3. The number of nitrogens with two attached hydrogens (primary N) is 1. The first-order valence-corrected chi connectivity index (χ1v) is 4.93. The third-order valence-corrected chi connectivity index (χ3v) is 2.27. The lowest BCUT2D eigenvalue weighted by atomic mass is 10.2. The van der Waals surface area contributed by atoms with Crippen LogP contribution in [0, 0.1) is 0 Å². The Kier molecular flexibility index (Phi) is 2.60. The molecule has 0 aliphatic rings. The molecule has 72 valence electrons. The standard InChI is InChI=1S/C9H9BrN4/c10-7-5-13-9(14-7)8(11)6-3-1-2-4-12-6/h1-5,8H,11H2,(H,13,14). The van der Waals surface area contributed by atoms with Gasteiger partial charge in [0.05, 0.1) is 11.9 Å². The van der Waals surface area contributed by atoms with Crippen molar-refractivity contribution in [3.05, 3.63) is 46.7 Å². The average molecular weight is 253 g/mol. The van der Waals surface area contributed by atoms with Gasteiger partial charge in [-0.15, -0.1) is 0 Å². The van der Waals surface area contributed by atoms with Gasteiger partial charge in [-0.25, -0.2) is 4.98 Å². The Balaban J connectivity index is 2.29. The van der Waals surface area contributed by atoms with E-state index < -0.39 is 0 Å². The second kappa shape index (κ2) is 3.89. The van der Waals surface area contributed by atoms with Crippen molar-refractivity contribution in [1.82, 2.24) is 15.0 Å². The summed E-state index contributed by atoms with van der Waals surface area (Å²) in [6.07, 6.45) is 3.39. The van der Waals surface area contributed by atoms with E-state index in [2.05, 4.69) is 30.9 Å². The maximum absolute atomic E-state index is 5.95. The summed E-state index contributed by atoms with van der Waals surface area (Å²) in [6, 6.07) is 5.33. The molecular formula is C9H9BrN4. The normalized spacial score (nSPS) is 12.7. The van der Waals surface area contributed by atoms with Crippen LogP contribution in [-0.4, -0.2) is 15.0 Å². The summed E-state index contributed by atoms with van der Waals surface area (Å²) >= 11 is 3.28. The van der Waals surface area contributed by atoms with Crippen LogP contribution in [0.1, 0.15) is 17.6 Å². The highest BCUT2D eigenvalue weighted by Gasteiger charge is 2.12. The quantitative estimate of drug-likeness (QED) is 0.854. The molecule has 0 amide bonds. The smallest absolute Gasteiger partial charge is 0.130 e. The van der Waals surface area contributed by atoms with Crippen LogP contribution in [0.4, 0.5) is 0 Å². The van der Waals surface area contributed by atoms with Crippen LogP contribution in [0.25, 0.3) is 0 Å². The van der Waals surface area contributed by atoms with Crippen molar-refractivity contribution >= 4 is 15.9 Å². The molecular weight excluding hydrogens is 244 g/mol. The van der Waals surface area contributed by atoms with Crippen LogP contribution >= 0.6 is 15.9 Å². The predicted molar refractivity (Wildman–Crippen MR) is 56.6 cm³/mol. The van der Waals surface area contributed by atoms with Crippen molar-refractivity contribution in [3.8, 4) is 0 Å². The average Bonchev–Trinajstić information content (AvgIpc) is 2.65. The summed E-state index contributed by atoms with van der Waals surface area (Å²) in [7, 11) is 0. The largest absolute Gasteiger partial charge is 0.335 e. The summed E-state index contributed by atoms with van der Waals surface area (Å²) in [4.78, 5) is 11.3. The fourth-order valence-corrected chi connectivity index (χ4v) is 1.48. The van der Waals surface area contributed by atoms with Gasteiger partial charge in [-0.3, -0.25) is 4.98 Å². The van der Waals surface area contributed by atoms with Gasteiger partial charge in [0.25, 0.3) is 0 Å². The molecule has 0 aliphatic carbocycles. The molecule has 0 bridgehead atoms. The Morgan fingerprint density at radius 2 is 2.21 bits per heavy atom. The van der Waals surface area contributed by atoms with Crippen molar-refractivity contribution < 1.29 is 0 Å². The Labute approximate surface area is 89.7 Å². The van der Waals surface area contributed by atoms with Crippen molar-refractivity contribution in [2.24, 2.45) is 5.73 Å². The van der Waals surface area contributed by atoms with Crippen LogP contribution in [0.2, 0.25) is 0 Å². The molecule has 2 aromatic heterocycles. The Hall–Kier alpha value is -1.20. The van der Waals surface area contributed by atoms with Crippen molar-refractivity contribution in [2.45, 2.75) is 6.04 Å². The number of hydrogen-bond acceptors (Lipinski definition) is 3. The maximum Gasteiger partial charge on any atom is 0.130 e. The van der Waals surface area contributed by atoms with Crippen LogP contribution in [0.3, 0.4) is 0 Å². The molecule has 1 unspecified atom stereocenters. The molecule has 0 spiro atoms. The van der Waals surface area contributed by atoms with Crippen LogP contribution in [0.15, 0.2) is 35.2 Å². The zero-order chi connectivity index (χ0) is 9.97. The molecule has 0 radical (unpaired) electrons. The van der Waals surface area contributed by atoms with E-state index >= 15 is 0 Å². The lowest BCUT2D eigenvalue weighted by molar-refractivity contribution is 0.769. The zero-order valence-corrected chi connectivity index (χ0v) is 8.90. The van der Waals surface area contributed by atoms with Crippen molar-refractivity contribution in [3.63, 3.8) is 0 Å². The molecule has 5 heteroatoms. The molecule has 0 saturated heterocycles. The molecule has 2 aromatic rings. The van der Waals surface area contributed by atoms with Gasteiger partial charge < -0.3 is 10.7 Å². The second-order valence-electron chi connectivity index (χ2n) is 2.85. The maximum atomic E-state index is 5.95. The first-order valence-electron chi connectivity index (χ1n) is 4.14. The Morgan fingerprint density at radius 1 is 1.36 bits per heavy atom. The van der Waals surface area contributed by atoms with Crippen molar-refractivity contribution in [2.75, 3.05) is 0 Å². The van der Waals surface area contributed by atoms with E-state index in [1.165, 1.54) is 0 Å². The molecule has 3 N–H and O–H groups in total. The summed E-state index contributed by atoms with van der Waals surface area (Å²) in [6.45, 7) is 0. The van der Waals surface area contributed by atoms with E-state index in [1.54, 1.807) is 12.4 Å². The number of pyridine rings is 1. The van der Waals surface area contributed by atoms with E-state index in [-0.39, 0.29) is 6.04 Å². The predicted octanol–water partition coefficient (Wildman–Crippen LogP) is 1.62. The Bertz CT molecular complexity index is 412. The topological polar surface area (TPSA) is 67.6 Å². The van der Waals surface area contributed by atoms with Gasteiger partial charge in [0.1, 0.15) is 16.5 Å². The van der Waals surface area contributed by atoms with E-state index in [0.29, 0.717) is 5.82 Å². The number of H-pyrrole nitrogens is 1. The minimum Gasteiger partial charge on any atom is -0.335 e. The molecule has 0 fully saturated rings. The first-order chi connectivity index (χ1) is 6.77. The number of rotatable bonds is 2. The molecule has 2 heterocycles. The second-order valence-corrected chi connectivity index (χ2v) is 3.70. The van der Waals surface area contributed by atoms with Crippen LogP contribution in [0.5, 0.6) is 0 Å². The summed E-state index contributed by atoms with van der Waals surface area (Å²) in [5.41, 5.74) is 6.75. The van der Waals surface area contributed by atoms with Gasteiger partial charge in [-0.05, 0) is 28.1 Å². The first kappa shape index (κ1) is 9.36. The third kappa shape index (κ3) is 1.83. The number of halogens is 1. The molecule has 4 nitrogen and oxygen atoms in total. The van der Waals surface area contributed by atoms with E-state index in [9.17, 15) is 0 Å². The molecule has 14 heavy (non-hydrogen) atoms. The minimum absolute atomic E-state index is 0.303. The van der Waals surface area contributed by atoms with E-state index in [4.69, 9.17) is 5.73 Å². The number of nitrogens with zero attached hydrogens (tertiary/aromatic N) is 2. The Morgan fingerprint density at radius 3 is 2.79 bits per heavy atom. The SMILES string of the molecule is NC(c1ccccn1)c1ncc(Br)[nH]1. The molecule has 0 aromatic carbocycles. The number of hydrogen-bond donors (Lipinski definition) is 2. The van der Waals surface area contributed by atoms with Crippen LogP contribution < -0.4 is 5.73 Å². The molecule has 0 saturated carbocycles. The molecule has 0 aliphatic heterocycles. The zero-order valence-electron chi connectivity index (χ0n) is 7.31. The van der Waals surface area contributed by atoms with E-state index in [1.807, 2.05) is 18.2 Å². The number of aromatic amines is 1. The van der Waals surface area contributed by atoms with Crippen molar-refractivity contribution in [1.29, 1.82) is 0 Å². The van der Waals surface area contributed by atoms with Gasteiger partial charge in [-0.2, -0.15) is 0 Å². The fraction of sp³-hybridized carbons (Fsp3) is 0.111. The molecule has 1 atom stereocenters. The summed E-state index contributed by atoms with van der Waals surface area (Å²) in [5, 5.41) is 0. The number of nitrogens with one attached hydrogen (secondary N) is 1. The highest BCUT2D eigenvalue weighted by molar-refractivity contribution is 9.10.